The van der Waals surface area contributed by atoms with E-state index in [2.05, 4.69) is 10.6 Å². The number of hydrogen-bond acceptors (Lipinski definition) is 3. The highest BCUT2D eigenvalue weighted by Gasteiger charge is 2.42. The molecule has 2 aromatic carbocycles. The van der Waals surface area contributed by atoms with E-state index in [0.29, 0.717) is 41.4 Å². The fraction of sp³-hybridized carbons (Fsp3) is 0.318. The van der Waals surface area contributed by atoms with Crippen LogP contribution in [0.15, 0.2) is 42.5 Å². The lowest BCUT2D eigenvalue weighted by Gasteiger charge is -2.35. The molecule has 7 heteroatoms. The van der Waals surface area contributed by atoms with Crippen LogP contribution in [0.25, 0.3) is 0 Å². The third kappa shape index (κ3) is 4.62. The van der Waals surface area contributed by atoms with Crippen molar-refractivity contribution in [3.63, 3.8) is 0 Å². The fourth-order valence-corrected chi connectivity index (χ4v) is 4.07. The van der Waals surface area contributed by atoms with Crippen molar-refractivity contribution >= 4 is 46.6 Å². The zero-order valence-corrected chi connectivity index (χ0v) is 17.6. The Bertz CT molecular complexity index is 944. The molecule has 0 spiro atoms. The van der Waals surface area contributed by atoms with Crippen LogP contribution in [0.3, 0.4) is 0 Å². The van der Waals surface area contributed by atoms with Gasteiger partial charge >= 0.3 is 0 Å². The second kappa shape index (κ2) is 8.97. The molecule has 2 aromatic rings. The number of amides is 3. The van der Waals surface area contributed by atoms with Crippen molar-refractivity contribution in [2.45, 2.75) is 44.4 Å². The van der Waals surface area contributed by atoms with Crippen LogP contribution in [-0.4, -0.2) is 17.7 Å². The summed E-state index contributed by atoms with van der Waals surface area (Å²) >= 11 is 12.2. The maximum absolute atomic E-state index is 12.5. The maximum Gasteiger partial charge on any atom is 0.237 e. The fourth-order valence-electron chi connectivity index (χ4n) is 3.65. The molecule has 0 bridgehead atoms. The molecule has 1 saturated heterocycles. The Balaban J connectivity index is 1.64. The van der Waals surface area contributed by atoms with Crippen LogP contribution >= 0.6 is 23.2 Å². The SMILES string of the molecule is CCC1(c2ccc(NC(=O)CCc3cccc(Cl)c3Cl)cc2)CCC(=O)NC1=O. The van der Waals surface area contributed by atoms with Crippen LogP contribution in [0.4, 0.5) is 5.69 Å². The Hall–Kier alpha value is -2.37. The molecule has 0 saturated carbocycles. The first-order valence-electron chi connectivity index (χ1n) is 9.53. The number of nitrogens with one attached hydrogen (secondary N) is 2. The van der Waals surface area contributed by atoms with Gasteiger partial charge in [0.15, 0.2) is 0 Å². The number of halogens is 2. The molecule has 3 rings (SSSR count). The minimum absolute atomic E-state index is 0.139. The van der Waals surface area contributed by atoms with Crippen molar-refractivity contribution in [2.24, 2.45) is 0 Å². The van der Waals surface area contributed by atoms with E-state index in [9.17, 15) is 14.4 Å². The van der Waals surface area contributed by atoms with Crippen molar-refractivity contribution in [1.82, 2.24) is 5.32 Å². The highest BCUT2D eigenvalue weighted by Crippen LogP contribution is 2.36. The average molecular weight is 433 g/mol. The summed E-state index contributed by atoms with van der Waals surface area (Å²) in [7, 11) is 0. The van der Waals surface area contributed by atoms with E-state index in [0.717, 1.165) is 11.1 Å². The first-order valence-corrected chi connectivity index (χ1v) is 10.3. The summed E-state index contributed by atoms with van der Waals surface area (Å²) in [6.07, 6.45) is 2.16. The topological polar surface area (TPSA) is 75.3 Å². The molecule has 1 atom stereocenters. The molecule has 0 aliphatic carbocycles. The molecule has 0 radical (unpaired) electrons. The standard InChI is InChI=1S/C22H22Cl2N2O3/c1-2-22(13-12-19(28)26-21(22)29)15-7-9-16(10-8-15)25-18(27)11-6-14-4-3-5-17(23)20(14)24/h3-5,7-10H,2,6,11-13H2,1H3,(H,25,27)(H,26,28,29). The van der Waals surface area contributed by atoms with Crippen molar-refractivity contribution in [3.05, 3.63) is 63.6 Å². The van der Waals surface area contributed by atoms with Crippen molar-refractivity contribution in [2.75, 3.05) is 5.32 Å². The minimum atomic E-state index is -0.709. The van der Waals surface area contributed by atoms with Gasteiger partial charge in [-0.3, -0.25) is 19.7 Å². The van der Waals surface area contributed by atoms with Crippen LogP contribution in [0.1, 0.15) is 43.7 Å². The Morgan fingerprint density at radius 1 is 1.14 bits per heavy atom. The predicted molar refractivity (Wildman–Crippen MR) is 114 cm³/mol. The summed E-state index contributed by atoms with van der Waals surface area (Å²) in [6.45, 7) is 1.94. The zero-order chi connectivity index (χ0) is 21.0. The summed E-state index contributed by atoms with van der Waals surface area (Å²) in [5, 5.41) is 6.24. The van der Waals surface area contributed by atoms with E-state index in [1.54, 1.807) is 24.3 Å². The van der Waals surface area contributed by atoms with E-state index in [-0.39, 0.29) is 24.1 Å². The molecule has 3 amide bonds. The van der Waals surface area contributed by atoms with Crippen LogP contribution in [0, 0.1) is 0 Å². The summed E-state index contributed by atoms with van der Waals surface area (Å²) < 4.78 is 0. The second-order valence-corrected chi connectivity index (χ2v) is 7.94. The van der Waals surface area contributed by atoms with Crippen LogP contribution in [0.5, 0.6) is 0 Å². The second-order valence-electron chi connectivity index (χ2n) is 7.15. The smallest absolute Gasteiger partial charge is 0.237 e. The van der Waals surface area contributed by atoms with Crippen LogP contribution in [-0.2, 0) is 26.2 Å². The number of carbonyl (C=O) groups excluding carboxylic acids is 3. The van der Waals surface area contributed by atoms with Crippen molar-refractivity contribution < 1.29 is 14.4 Å². The number of hydrogen-bond donors (Lipinski definition) is 2. The quantitative estimate of drug-likeness (QED) is 0.652. The lowest BCUT2D eigenvalue weighted by Crippen LogP contribution is -2.51. The highest BCUT2D eigenvalue weighted by molar-refractivity contribution is 6.42. The van der Waals surface area contributed by atoms with E-state index < -0.39 is 5.41 Å². The molecule has 1 unspecified atom stereocenters. The number of aryl methyl sites for hydroxylation is 1. The normalized spacial score (nSPS) is 19.0. The van der Waals surface area contributed by atoms with Gasteiger partial charge in [0.25, 0.3) is 0 Å². The summed E-state index contributed by atoms with van der Waals surface area (Å²) in [5.41, 5.74) is 1.61. The maximum atomic E-state index is 12.5. The van der Waals surface area contributed by atoms with Gasteiger partial charge in [0.2, 0.25) is 17.7 Å². The molecule has 2 N–H and O–H groups in total. The molecule has 0 aromatic heterocycles. The Morgan fingerprint density at radius 3 is 2.52 bits per heavy atom. The van der Waals surface area contributed by atoms with E-state index in [1.165, 1.54) is 0 Å². The van der Waals surface area contributed by atoms with E-state index in [1.807, 2.05) is 25.1 Å². The predicted octanol–water partition coefficient (Wildman–Crippen LogP) is 4.65. The van der Waals surface area contributed by atoms with Crippen LogP contribution in [0.2, 0.25) is 10.0 Å². The van der Waals surface area contributed by atoms with Crippen LogP contribution < -0.4 is 10.6 Å². The number of benzene rings is 2. The average Bonchev–Trinajstić information content (AvgIpc) is 2.70. The third-order valence-corrected chi connectivity index (χ3v) is 6.30. The Kier molecular flexibility index (Phi) is 6.60. The van der Waals surface area contributed by atoms with Gasteiger partial charge in [0.05, 0.1) is 15.5 Å². The molecule has 1 fully saturated rings. The molecule has 5 nitrogen and oxygen atoms in total. The third-order valence-electron chi connectivity index (χ3n) is 5.44. The first-order chi connectivity index (χ1) is 13.9. The van der Waals surface area contributed by atoms with Gasteiger partial charge in [-0.05, 0) is 48.6 Å². The molecular formula is C22H22Cl2N2O3. The van der Waals surface area contributed by atoms with Gasteiger partial charge < -0.3 is 5.32 Å². The number of imide groups is 1. The molecule has 1 heterocycles. The Morgan fingerprint density at radius 2 is 1.86 bits per heavy atom. The van der Waals surface area contributed by atoms with Crippen molar-refractivity contribution in [1.29, 1.82) is 0 Å². The summed E-state index contributed by atoms with van der Waals surface area (Å²) in [4.78, 5) is 36.3. The number of piperidine rings is 1. The van der Waals surface area contributed by atoms with Gasteiger partial charge in [-0.25, -0.2) is 0 Å². The summed E-state index contributed by atoms with van der Waals surface area (Å²) in [5.74, 6) is -0.630. The lowest BCUT2D eigenvalue weighted by atomic mass is 9.72. The zero-order valence-electron chi connectivity index (χ0n) is 16.1. The van der Waals surface area contributed by atoms with Gasteiger partial charge in [0, 0.05) is 18.5 Å². The molecule has 29 heavy (non-hydrogen) atoms. The Labute approximate surface area is 179 Å². The lowest BCUT2D eigenvalue weighted by molar-refractivity contribution is -0.138. The van der Waals surface area contributed by atoms with Gasteiger partial charge in [-0.2, -0.15) is 0 Å². The molecule has 1 aliphatic rings. The molecule has 152 valence electrons. The number of carbonyl (C=O) groups is 3. The monoisotopic (exact) mass is 432 g/mol. The number of rotatable bonds is 6. The highest BCUT2D eigenvalue weighted by atomic mass is 35.5. The van der Waals surface area contributed by atoms with E-state index >= 15 is 0 Å². The molecule has 1 aliphatic heterocycles. The largest absolute Gasteiger partial charge is 0.326 e. The summed E-state index contributed by atoms with van der Waals surface area (Å²) in [6, 6.07) is 12.6. The van der Waals surface area contributed by atoms with Gasteiger partial charge in [-0.1, -0.05) is 54.4 Å². The number of anilines is 1. The molecular weight excluding hydrogens is 411 g/mol. The minimum Gasteiger partial charge on any atom is -0.326 e. The van der Waals surface area contributed by atoms with Crippen molar-refractivity contribution in [3.8, 4) is 0 Å². The van der Waals surface area contributed by atoms with E-state index in [4.69, 9.17) is 23.2 Å². The first kappa shape index (κ1) is 21.3. The van der Waals surface area contributed by atoms with Gasteiger partial charge in [0.1, 0.15) is 0 Å². The van der Waals surface area contributed by atoms with Gasteiger partial charge in [-0.15, -0.1) is 0 Å².